The van der Waals surface area contributed by atoms with Crippen LogP contribution >= 0.6 is 0 Å². The highest BCUT2D eigenvalue weighted by atomic mass is 16.5. The van der Waals surface area contributed by atoms with Crippen molar-refractivity contribution in [2.75, 3.05) is 23.4 Å². The molecule has 168 valence electrons. The number of fused-ring (bicyclic) bond motifs is 1. The third kappa shape index (κ3) is 5.27. The van der Waals surface area contributed by atoms with Crippen LogP contribution in [0.5, 0.6) is 5.75 Å². The van der Waals surface area contributed by atoms with Crippen molar-refractivity contribution >= 4 is 23.2 Å². The van der Waals surface area contributed by atoms with Crippen molar-refractivity contribution in [3.05, 3.63) is 35.2 Å². The first kappa shape index (κ1) is 22.8. The molecule has 0 unspecified atom stereocenters. The normalized spacial score (nSPS) is 15.5. The lowest BCUT2D eigenvalue weighted by atomic mass is 9.92. The fraction of sp³-hybridized carbons (Fsp3) is 0.542. The number of anilines is 2. The zero-order valence-corrected chi connectivity index (χ0v) is 19.4. The number of ether oxygens (including phenoxy) is 1. The average molecular weight is 428 g/mol. The molecule has 2 amide bonds. The highest BCUT2D eigenvalue weighted by Crippen LogP contribution is 2.38. The van der Waals surface area contributed by atoms with Crippen LogP contribution in [0, 0.1) is 25.2 Å². The summed E-state index contributed by atoms with van der Waals surface area (Å²) < 4.78 is 11.2. The smallest absolute Gasteiger partial charge is 0.236 e. The molecule has 7 heteroatoms. The first-order valence-electron chi connectivity index (χ1n) is 10.9. The highest BCUT2D eigenvalue weighted by Gasteiger charge is 2.37. The van der Waals surface area contributed by atoms with Crippen LogP contribution in [0.25, 0.3) is 0 Å². The minimum atomic E-state index is -0.617. The van der Waals surface area contributed by atoms with Gasteiger partial charge in [-0.2, -0.15) is 0 Å². The number of nitrogens with zero attached hydrogens (tertiary/aromatic N) is 2. The molecule has 0 fully saturated rings. The van der Waals surface area contributed by atoms with E-state index in [4.69, 9.17) is 9.26 Å². The van der Waals surface area contributed by atoms with E-state index >= 15 is 0 Å². The molecule has 2 aromatic rings. The Balaban J connectivity index is 1.74. The molecule has 1 N–H and O–H groups in total. The molecule has 0 bridgehead atoms. The molecule has 0 radical (unpaired) electrons. The molecule has 1 aromatic carbocycles. The van der Waals surface area contributed by atoms with Crippen molar-refractivity contribution in [3.63, 3.8) is 0 Å². The predicted molar refractivity (Wildman–Crippen MR) is 120 cm³/mol. The predicted octanol–water partition coefficient (Wildman–Crippen LogP) is 4.66. The summed E-state index contributed by atoms with van der Waals surface area (Å²) in [4.78, 5) is 27.4. The summed E-state index contributed by atoms with van der Waals surface area (Å²) in [6, 6.07) is 5.49. The van der Waals surface area contributed by atoms with Crippen molar-refractivity contribution in [2.24, 2.45) is 11.3 Å². The maximum Gasteiger partial charge on any atom is 0.236 e. The zero-order chi connectivity index (χ0) is 22.8. The molecule has 0 saturated carbocycles. The number of hydrogen-bond donors (Lipinski definition) is 1. The second-order valence-electron chi connectivity index (χ2n) is 9.35. The Kier molecular flexibility index (Phi) is 6.72. The van der Waals surface area contributed by atoms with E-state index < -0.39 is 5.41 Å². The molecule has 0 atom stereocenters. The first-order valence-corrected chi connectivity index (χ1v) is 10.9. The Labute approximate surface area is 184 Å². The van der Waals surface area contributed by atoms with Gasteiger partial charge in [-0.05, 0) is 58.6 Å². The van der Waals surface area contributed by atoms with Crippen LogP contribution in [-0.4, -0.2) is 30.1 Å². The van der Waals surface area contributed by atoms with E-state index in [1.807, 2.05) is 44.7 Å². The first-order chi connectivity index (χ1) is 14.6. The highest BCUT2D eigenvalue weighted by molar-refractivity contribution is 6.00. The third-order valence-corrected chi connectivity index (χ3v) is 5.66. The summed E-state index contributed by atoms with van der Waals surface area (Å²) in [5, 5.41) is 6.87. The summed E-state index contributed by atoms with van der Waals surface area (Å²) >= 11 is 0. The number of carbonyl (C=O) groups is 2. The number of aromatic nitrogens is 1. The lowest BCUT2D eigenvalue weighted by Crippen LogP contribution is -2.42. The average Bonchev–Trinajstić information content (AvgIpc) is 2.98. The van der Waals surface area contributed by atoms with Crippen LogP contribution in [0.1, 0.15) is 57.6 Å². The molecule has 2 heterocycles. The summed E-state index contributed by atoms with van der Waals surface area (Å²) in [6.07, 6.45) is 1.80. The van der Waals surface area contributed by atoms with Crippen LogP contribution < -0.4 is 15.0 Å². The molecule has 0 spiro atoms. The molecular weight excluding hydrogens is 394 g/mol. The van der Waals surface area contributed by atoms with E-state index in [-0.39, 0.29) is 11.8 Å². The van der Waals surface area contributed by atoms with Crippen molar-refractivity contribution in [1.29, 1.82) is 0 Å². The Morgan fingerprint density at radius 3 is 2.68 bits per heavy atom. The molecule has 1 aliphatic heterocycles. The number of aryl methyl sites for hydroxylation is 2. The summed E-state index contributed by atoms with van der Waals surface area (Å²) in [5.74, 6) is 1.81. The van der Waals surface area contributed by atoms with E-state index in [2.05, 4.69) is 24.3 Å². The van der Waals surface area contributed by atoms with E-state index in [9.17, 15) is 9.59 Å². The summed E-state index contributed by atoms with van der Waals surface area (Å²) in [5.41, 5.74) is 2.58. The molecule has 1 aromatic heterocycles. The molecule has 3 rings (SSSR count). The summed E-state index contributed by atoms with van der Waals surface area (Å²) in [6.45, 7) is 12.8. The van der Waals surface area contributed by atoms with Crippen molar-refractivity contribution in [3.8, 4) is 5.75 Å². The Morgan fingerprint density at radius 1 is 1.29 bits per heavy atom. The fourth-order valence-electron chi connectivity index (χ4n) is 3.66. The van der Waals surface area contributed by atoms with Crippen molar-refractivity contribution in [2.45, 2.75) is 60.8 Å². The monoisotopic (exact) mass is 427 g/mol. The van der Waals surface area contributed by atoms with E-state index in [0.717, 1.165) is 29.1 Å². The number of nitrogens with one attached hydrogen (secondary N) is 1. The number of carbonyl (C=O) groups excluding carboxylic acids is 2. The zero-order valence-electron chi connectivity index (χ0n) is 19.4. The van der Waals surface area contributed by atoms with Gasteiger partial charge in [0.1, 0.15) is 18.1 Å². The molecular formula is C24H33N3O4. The molecule has 7 nitrogen and oxygen atoms in total. The lowest BCUT2D eigenvalue weighted by Gasteiger charge is -2.28. The molecule has 0 aliphatic carbocycles. The van der Waals surface area contributed by atoms with Gasteiger partial charge in [-0.25, -0.2) is 0 Å². The van der Waals surface area contributed by atoms with E-state index in [0.29, 0.717) is 43.3 Å². The fourth-order valence-corrected chi connectivity index (χ4v) is 3.66. The van der Waals surface area contributed by atoms with Crippen LogP contribution in [0.2, 0.25) is 0 Å². The second-order valence-corrected chi connectivity index (χ2v) is 9.35. The third-order valence-electron chi connectivity index (χ3n) is 5.66. The van der Waals surface area contributed by atoms with Crippen LogP contribution in [0.3, 0.4) is 0 Å². The largest absolute Gasteiger partial charge is 0.490 e. The second kappa shape index (κ2) is 9.12. The molecule has 1 aliphatic rings. The van der Waals surface area contributed by atoms with Gasteiger partial charge in [0.15, 0.2) is 0 Å². The van der Waals surface area contributed by atoms with E-state index in [1.165, 1.54) is 0 Å². The number of hydrogen-bond acceptors (Lipinski definition) is 5. The topological polar surface area (TPSA) is 84.7 Å². The Hall–Kier alpha value is -2.83. The SMILES string of the molecule is Cc1noc(C)c1CCC(=O)Nc1ccc2c(c1)OCC(C)(C)C(=O)N2CCC(C)C. The maximum atomic E-state index is 13.1. The van der Waals surface area contributed by atoms with Gasteiger partial charge in [-0.1, -0.05) is 19.0 Å². The van der Waals surface area contributed by atoms with Gasteiger partial charge in [-0.15, -0.1) is 0 Å². The van der Waals surface area contributed by atoms with Gasteiger partial charge in [-0.3, -0.25) is 9.59 Å². The molecule has 31 heavy (non-hydrogen) atoms. The van der Waals surface area contributed by atoms with Gasteiger partial charge in [0.2, 0.25) is 11.8 Å². The van der Waals surface area contributed by atoms with Gasteiger partial charge in [0.25, 0.3) is 0 Å². The lowest BCUT2D eigenvalue weighted by molar-refractivity contribution is -0.127. The van der Waals surface area contributed by atoms with Gasteiger partial charge in [0, 0.05) is 30.3 Å². The van der Waals surface area contributed by atoms with Crippen molar-refractivity contribution < 1.29 is 18.8 Å². The minimum Gasteiger partial charge on any atom is -0.490 e. The van der Waals surface area contributed by atoms with E-state index in [1.54, 1.807) is 6.07 Å². The maximum absolute atomic E-state index is 13.1. The van der Waals surface area contributed by atoms with Crippen LogP contribution in [0.4, 0.5) is 11.4 Å². The van der Waals surface area contributed by atoms with Crippen molar-refractivity contribution in [1.82, 2.24) is 5.16 Å². The Bertz CT molecular complexity index is 942. The Morgan fingerprint density at radius 2 is 2.03 bits per heavy atom. The quantitative estimate of drug-likeness (QED) is 0.695. The standard InChI is InChI=1S/C24H33N3O4/c1-15(2)11-12-27-20-9-7-18(13-21(20)30-14-24(5,6)23(27)29)25-22(28)10-8-19-16(3)26-31-17(19)4/h7,9,13,15H,8,10-12,14H2,1-6H3,(H,25,28). The number of rotatable bonds is 7. The van der Waals surface area contributed by atoms with Gasteiger partial charge >= 0.3 is 0 Å². The minimum absolute atomic E-state index is 0.0585. The van der Waals surface area contributed by atoms with Crippen LogP contribution in [-0.2, 0) is 16.0 Å². The van der Waals surface area contributed by atoms with Gasteiger partial charge in [0.05, 0.1) is 16.8 Å². The van der Waals surface area contributed by atoms with Gasteiger partial charge < -0.3 is 19.5 Å². The summed E-state index contributed by atoms with van der Waals surface area (Å²) in [7, 11) is 0. The number of amides is 2. The van der Waals surface area contributed by atoms with Crippen LogP contribution in [0.15, 0.2) is 22.7 Å². The molecule has 0 saturated heterocycles. The number of benzene rings is 1.